The third-order valence-corrected chi connectivity index (χ3v) is 2.83. The molecular formula is C10H16N6S. The van der Waals surface area contributed by atoms with E-state index in [2.05, 4.69) is 25.2 Å². The van der Waals surface area contributed by atoms with Crippen LogP contribution in [0, 0.1) is 0 Å². The maximum absolute atomic E-state index is 4.43. The lowest BCUT2D eigenvalue weighted by molar-refractivity contribution is 0.424. The van der Waals surface area contributed by atoms with E-state index in [4.69, 9.17) is 0 Å². The molecule has 6 nitrogen and oxygen atoms in total. The highest BCUT2D eigenvalue weighted by Crippen LogP contribution is 2.14. The van der Waals surface area contributed by atoms with Crippen LogP contribution in [0.5, 0.6) is 0 Å². The summed E-state index contributed by atoms with van der Waals surface area (Å²) in [6.07, 6.45) is 5.42. The van der Waals surface area contributed by atoms with Gasteiger partial charge in [-0.1, -0.05) is 11.8 Å². The molecule has 92 valence electrons. The first-order valence-electron chi connectivity index (χ1n) is 5.33. The van der Waals surface area contributed by atoms with Crippen molar-refractivity contribution in [2.75, 3.05) is 38.8 Å². The van der Waals surface area contributed by atoms with Crippen LogP contribution in [-0.2, 0) is 0 Å². The number of anilines is 1. The van der Waals surface area contributed by atoms with Crippen molar-refractivity contribution in [3.05, 3.63) is 12.5 Å². The zero-order valence-corrected chi connectivity index (χ0v) is 11.0. The molecule has 0 radical (unpaired) electrons. The van der Waals surface area contributed by atoms with Crippen molar-refractivity contribution in [3.63, 3.8) is 0 Å². The topological polar surface area (TPSA) is 58.4 Å². The number of rotatable bonds is 5. The molecule has 0 aliphatic rings. The van der Waals surface area contributed by atoms with Crippen molar-refractivity contribution in [1.82, 2.24) is 24.3 Å². The number of thioether (sulfide) groups is 1. The molecule has 2 rings (SSSR count). The van der Waals surface area contributed by atoms with Crippen molar-refractivity contribution in [3.8, 4) is 0 Å². The molecule has 2 heterocycles. The Morgan fingerprint density at radius 2 is 2.24 bits per heavy atom. The monoisotopic (exact) mass is 252 g/mol. The minimum absolute atomic E-state index is 0.755. The van der Waals surface area contributed by atoms with E-state index in [-0.39, 0.29) is 0 Å². The molecule has 1 N–H and O–H groups in total. The van der Waals surface area contributed by atoms with Crippen LogP contribution >= 0.6 is 11.8 Å². The highest BCUT2D eigenvalue weighted by Gasteiger charge is 2.06. The third-order valence-electron chi connectivity index (χ3n) is 2.28. The van der Waals surface area contributed by atoms with Crippen LogP contribution in [0.1, 0.15) is 0 Å². The second kappa shape index (κ2) is 5.33. The van der Waals surface area contributed by atoms with E-state index in [1.54, 1.807) is 12.5 Å². The van der Waals surface area contributed by atoms with E-state index >= 15 is 0 Å². The van der Waals surface area contributed by atoms with Gasteiger partial charge in [0.25, 0.3) is 0 Å². The van der Waals surface area contributed by atoms with Crippen LogP contribution in [0.3, 0.4) is 0 Å². The number of hydrogen-bond donors (Lipinski definition) is 1. The van der Waals surface area contributed by atoms with Gasteiger partial charge in [0.2, 0.25) is 5.95 Å². The number of imidazole rings is 1. The van der Waals surface area contributed by atoms with Crippen molar-refractivity contribution in [2.24, 2.45) is 0 Å². The van der Waals surface area contributed by atoms with Gasteiger partial charge in [0, 0.05) is 13.1 Å². The molecule has 0 aromatic carbocycles. The van der Waals surface area contributed by atoms with E-state index in [0.717, 1.165) is 29.8 Å². The number of likely N-dealkylation sites (N-methyl/N-ethyl adjacent to an activating group) is 1. The third kappa shape index (κ3) is 2.86. The van der Waals surface area contributed by atoms with Gasteiger partial charge in [-0.15, -0.1) is 0 Å². The fraction of sp³-hybridized carbons (Fsp3) is 0.500. The molecule has 17 heavy (non-hydrogen) atoms. The Kier molecular flexibility index (Phi) is 3.80. The molecule has 0 saturated carbocycles. The summed E-state index contributed by atoms with van der Waals surface area (Å²) < 4.78 is 1.86. The lowest BCUT2D eigenvalue weighted by Gasteiger charge is -2.12. The predicted molar refractivity (Wildman–Crippen MR) is 69.6 cm³/mol. The highest BCUT2D eigenvalue weighted by atomic mass is 32.2. The maximum Gasteiger partial charge on any atom is 0.212 e. The van der Waals surface area contributed by atoms with Gasteiger partial charge in [0.1, 0.15) is 6.33 Å². The molecule has 0 fully saturated rings. The maximum atomic E-state index is 4.43. The molecule has 0 atom stereocenters. The van der Waals surface area contributed by atoms with Crippen LogP contribution in [-0.4, -0.2) is 57.7 Å². The van der Waals surface area contributed by atoms with Gasteiger partial charge in [0.05, 0.1) is 6.20 Å². The van der Waals surface area contributed by atoms with Crippen LogP contribution in [0.15, 0.2) is 17.7 Å². The number of aromatic nitrogens is 4. The summed E-state index contributed by atoms with van der Waals surface area (Å²) in [5.74, 6) is 0.790. The molecule has 0 spiro atoms. The van der Waals surface area contributed by atoms with Gasteiger partial charge in [0.15, 0.2) is 10.8 Å². The zero-order valence-electron chi connectivity index (χ0n) is 10.2. The summed E-state index contributed by atoms with van der Waals surface area (Å²) >= 11 is 1.53. The van der Waals surface area contributed by atoms with E-state index < -0.39 is 0 Å². The van der Waals surface area contributed by atoms with Crippen LogP contribution < -0.4 is 5.32 Å². The lowest BCUT2D eigenvalue weighted by atomic mass is 10.6. The van der Waals surface area contributed by atoms with Crippen molar-refractivity contribution in [2.45, 2.75) is 5.16 Å². The molecule has 0 amide bonds. The lowest BCUT2D eigenvalue weighted by Crippen LogP contribution is -2.22. The largest absolute Gasteiger partial charge is 0.354 e. The van der Waals surface area contributed by atoms with Crippen LogP contribution in [0.2, 0.25) is 0 Å². The first-order chi connectivity index (χ1) is 8.20. The molecule has 7 heteroatoms. The first-order valence-corrected chi connectivity index (χ1v) is 6.56. The smallest absolute Gasteiger partial charge is 0.212 e. The summed E-state index contributed by atoms with van der Waals surface area (Å²) in [4.78, 5) is 15.0. The van der Waals surface area contributed by atoms with Crippen molar-refractivity contribution >= 4 is 23.4 Å². The van der Waals surface area contributed by atoms with Crippen molar-refractivity contribution < 1.29 is 0 Å². The minimum Gasteiger partial charge on any atom is -0.354 e. The summed E-state index contributed by atoms with van der Waals surface area (Å²) in [7, 11) is 4.09. The predicted octanol–water partition coefficient (Wildman–Crippen LogP) is 0.820. The van der Waals surface area contributed by atoms with Gasteiger partial charge in [-0.2, -0.15) is 4.98 Å². The fourth-order valence-corrected chi connectivity index (χ4v) is 1.77. The van der Waals surface area contributed by atoms with Crippen molar-refractivity contribution in [1.29, 1.82) is 0 Å². The molecule has 2 aromatic heterocycles. The minimum atomic E-state index is 0.755. The summed E-state index contributed by atoms with van der Waals surface area (Å²) in [6.45, 7) is 1.79. The molecule has 0 saturated heterocycles. The van der Waals surface area contributed by atoms with Gasteiger partial charge >= 0.3 is 0 Å². The van der Waals surface area contributed by atoms with Gasteiger partial charge in [-0.05, 0) is 20.4 Å². The second-order valence-corrected chi connectivity index (χ2v) is 4.66. The average molecular weight is 252 g/mol. The van der Waals surface area contributed by atoms with Gasteiger partial charge in [-0.25, -0.2) is 9.97 Å². The Morgan fingerprint density at radius 3 is 2.94 bits per heavy atom. The molecule has 0 aliphatic heterocycles. The normalized spacial score (nSPS) is 11.3. The van der Waals surface area contributed by atoms with E-state index in [1.807, 2.05) is 24.8 Å². The first kappa shape index (κ1) is 12.1. The van der Waals surface area contributed by atoms with Gasteiger partial charge < -0.3 is 10.2 Å². The van der Waals surface area contributed by atoms with Crippen LogP contribution in [0.4, 0.5) is 5.95 Å². The molecule has 0 aliphatic carbocycles. The average Bonchev–Trinajstić information content (AvgIpc) is 2.76. The fourth-order valence-electron chi connectivity index (χ4n) is 1.41. The molecular weight excluding hydrogens is 236 g/mol. The number of fused-ring (bicyclic) bond motifs is 1. The SMILES string of the molecule is CSc1nc(NCCN(C)C)n2cncc2n1. The van der Waals surface area contributed by atoms with E-state index in [1.165, 1.54) is 11.8 Å². The Morgan fingerprint density at radius 1 is 1.41 bits per heavy atom. The van der Waals surface area contributed by atoms with E-state index in [9.17, 15) is 0 Å². The summed E-state index contributed by atoms with van der Waals surface area (Å²) in [6, 6.07) is 0. The molecule has 2 aromatic rings. The number of nitrogens with one attached hydrogen (secondary N) is 1. The highest BCUT2D eigenvalue weighted by molar-refractivity contribution is 7.98. The number of nitrogens with zero attached hydrogens (tertiary/aromatic N) is 5. The Labute approximate surface area is 104 Å². The molecule has 0 bridgehead atoms. The summed E-state index contributed by atoms with van der Waals surface area (Å²) in [5.41, 5.74) is 0.816. The standard InChI is InChI=1S/C10H16N6S/c1-15(2)5-4-12-9-14-10(17-3)13-8-6-11-7-16(8)9/h6-7H,4-5H2,1-3H3,(H,12,13,14). The Bertz CT molecular complexity index is 495. The Balaban J connectivity index is 2.21. The Hall–Kier alpha value is -1.34. The van der Waals surface area contributed by atoms with Gasteiger partial charge in [-0.3, -0.25) is 4.40 Å². The molecule has 0 unspecified atom stereocenters. The quantitative estimate of drug-likeness (QED) is 0.795. The summed E-state index contributed by atoms with van der Waals surface area (Å²) in [5, 5.41) is 4.05. The van der Waals surface area contributed by atoms with Crippen LogP contribution in [0.25, 0.3) is 5.65 Å². The second-order valence-electron chi connectivity index (χ2n) is 3.89. The van der Waals surface area contributed by atoms with E-state index in [0.29, 0.717) is 0 Å². The zero-order chi connectivity index (χ0) is 12.3. The number of hydrogen-bond acceptors (Lipinski definition) is 6.